The third-order valence-electron chi connectivity index (χ3n) is 4.01. The van der Waals surface area contributed by atoms with E-state index in [9.17, 15) is 4.79 Å². The number of hydrogen-bond acceptors (Lipinski definition) is 3. The number of urea groups is 1. The van der Waals surface area contributed by atoms with Crippen LogP contribution in [-0.2, 0) is 4.74 Å². The maximum atomic E-state index is 12.4. The van der Waals surface area contributed by atoms with Crippen molar-refractivity contribution in [2.24, 2.45) is 0 Å². The number of fused-ring (bicyclic) bond motifs is 2. The molecule has 2 aliphatic rings. The summed E-state index contributed by atoms with van der Waals surface area (Å²) >= 11 is 3.36. The fraction of sp³-hybridized carbons (Fsp3) is 0.571. The quantitative estimate of drug-likeness (QED) is 0.900. The molecule has 2 saturated heterocycles. The van der Waals surface area contributed by atoms with Crippen LogP contribution in [0.1, 0.15) is 31.5 Å². The first-order chi connectivity index (χ1) is 9.65. The Balaban J connectivity index is 1.65. The van der Waals surface area contributed by atoms with Crippen molar-refractivity contribution in [2.45, 2.75) is 37.9 Å². The summed E-state index contributed by atoms with van der Waals surface area (Å²) in [5.41, 5.74) is 0.863. The predicted octanol–water partition coefficient (Wildman–Crippen LogP) is 2.48. The lowest BCUT2D eigenvalue weighted by atomic mass is 10.2. The van der Waals surface area contributed by atoms with Crippen LogP contribution < -0.4 is 5.32 Å². The van der Waals surface area contributed by atoms with Gasteiger partial charge in [0.25, 0.3) is 0 Å². The van der Waals surface area contributed by atoms with Crippen LogP contribution >= 0.6 is 15.9 Å². The van der Waals surface area contributed by atoms with Crippen molar-refractivity contribution in [3.8, 4) is 0 Å². The van der Waals surface area contributed by atoms with Gasteiger partial charge in [0.05, 0.1) is 37.0 Å². The molecule has 3 heterocycles. The van der Waals surface area contributed by atoms with Gasteiger partial charge in [-0.05, 0) is 47.8 Å². The molecular weight excluding hydrogens is 322 g/mol. The number of carbonyl (C=O) groups is 1. The molecule has 108 valence electrons. The summed E-state index contributed by atoms with van der Waals surface area (Å²) in [6, 6.07) is 4.22. The zero-order valence-electron chi connectivity index (χ0n) is 11.4. The second-order valence-electron chi connectivity index (χ2n) is 5.40. The Bertz CT molecular complexity index is 478. The number of carbonyl (C=O) groups excluding carboxylic acids is 1. The molecule has 0 radical (unpaired) electrons. The molecule has 1 aromatic heterocycles. The standard InChI is InChI=1S/C14H18BrN3O2/c1-9(13-5-2-10(15)6-16-13)17-14(19)18-11-3-4-12(18)8-20-7-11/h2,5-6,9,11-12H,3-4,7-8H2,1H3,(H,17,19). The fourth-order valence-electron chi connectivity index (χ4n) is 2.94. The van der Waals surface area contributed by atoms with Gasteiger partial charge in [-0.3, -0.25) is 4.98 Å². The Kier molecular flexibility index (Phi) is 3.94. The molecule has 3 rings (SSSR count). The monoisotopic (exact) mass is 339 g/mol. The fourth-order valence-corrected chi connectivity index (χ4v) is 3.17. The Morgan fingerprint density at radius 2 is 2.15 bits per heavy atom. The molecule has 3 atom stereocenters. The number of rotatable bonds is 2. The van der Waals surface area contributed by atoms with Crippen LogP contribution in [0.25, 0.3) is 0 Å². The largest absolute Gasteiger partial charge is 0.377 e. The second-order valence-corrected chi connectivity index (χ2v) is 6.32. The maximum Gasteiger partial charge on any atom is 0.318 e. The highest BCUT2D eigenvalue weighted by Gasteiger charge is 2.40. The molecule has 2 fully saturated rings. The van der Waals surface area contributed by atoms with Gasteiger partial charge >= 0.3 is 6.03 Å². The van der Waals surface area contributed by atoms with E-state index in [1.54, 1.807) is 6.20 Å². The predicted molar refractivity (Wildman–Crippen MR) is 78.4 cm³/mol. The number of morpholine rings is 1. The molecule has 5 nitrogen and oxygen atoms in total. The van der Waals surface area contributed by atoms with E-state index in [-0.39, 0.29) is 24.2 Å². The molecule has 20 heavy (non-hydrogen) atoms. The first-order valence-corrected chi connectivity index (χ1v) is 7.72. The number of nitrogens with zero attached hydrogens (tertiary/aromatic N) is 2. The highest BCUT2D eigenvalue weighted by Crippen LogP contribution is 2.29. The molecule has 1 aromatic rings. The van der Waals surface area contributed by atoms with Gasteiger partial charge in [0.1, 0.15) is 0 Å². The molecule has 2 aliphatic heterocycles. The number of aromatic nitrogens is 1. The summed E-state index contributed by atoms with van der Waals surface area (Å²) in [4.78, 5) is 18.7. The normalized spacial score (nSPS) is 26.4. The van der Waals surface area contributed by atoms with E-state index < -0.39 is 0 Å². The van der Waals surface area contributed by atoms with Gasteiger partial charge in [-0.1, -0.05) is 0 Å². The van der Waals surface area contributed by atoms with Crippen molar-refractivity contribution in [1.29, 1.82) is 0 Å². The van der Waals surface area contributed by atoms with Crippen LogP contribution in [0.5, 0.6) is 0 Å². The van der Waals surface area contributed by atoms with Crippen LogP contribution in [0.3, 0.4) is 0 Å². The van der Waals surface area contributed by atoms with Crippen molar-refractivity contribution in [3.63, 3.8) is 0 Å². The van der Waals surface area contributed by atoms with E-state index >= 15 is 0 Å². The van der Waals surface area contributed by atoms with Crippen molar-refractivity contribution in [3.05, 3.63) is 28.5 Å². The summed E-state index contributed by atoms with van der Waals surface area (Å²) in [5.74, 6) is 0. The van der Waals surface area contributed by atoms with Crippen molar-refractivity contribution in [1.82, 2.24) is 15.2 Å². The minimum atomic E-state index is -0.0992. The van der Waals surface area contributed by atoms with Crippen molar-refractivity contribution < 1.29 is 9.53 Å². The summed E-state index contributed by atoms with van der Waals surface area (Å²) < 4.78 is 6.44. The minimum absolute atomic E-state index is 0.00183. The maximum absolute atomic E-state index is 12.4. The average Bonchev–Trinajstić information content (AvgIpc) is 2.69. The van der Waals surface area contributed by atoms with E-state index in [4.69, 9.17) is 4.74 Å². The summed E-state index contributed by atoms with van der Waals surface area (Å²) in [7, 11) is 0. The number of hydrogen-bond donors (Lipinski definition) is 1. The molecule has 6 heteroatoms. The Labute approximate surface area is 126 Å². The van der Waals surface area contributed by atoms with E-state index in [0.29, 0.717) is 13.2 Å². The van der Waals surface area contributed by atoms with E-state index in [0.717, 1.165) is 23.0 Å². The third kappa shape index (κ3) is 2.67. The zero-order chi connectivity index (χ0) is 14.1. The Morgan fingerprint density at radius 1 is 1.45 bits per heavy atom. The SMILES string of the molecule is CC(NC(=O)N1C2CCC1COC2)c1ccc(Br)cn1. The number of pyridine rings is 1. The summed E-state index contributed by atoms with van der Waals surface area (Å²) in [6.45, 7) is 3.28. The van der Waals surface area contributed by atoms with Crippen molar-refractivity contribution in [2.75, 3.05) is 13.2 Å². The molecule has 2 bridgehead atoms. The first kappa shape index (κ1) is 13.8. The first-order valence-electron chi connectivity index (χ1n) is 6.93. The van der Waals surface area contributed by atoms with Gasteiger partial charge in [0.2, 0.25) is 0 Å². The number of halogens is 1. The van der Waals surface area contributed by atoms with Crippen molar-refractivity contribution >= 4 is 22.0 Å². The van der Waals surface area contributed by atoms with Gasteiger partial charge in [0.15, 0.2) is 0 Å². The summed E-state index contributed by atoms with van der Waals surface area (Å²) in [6.07, 6.45) is 3.84. The molecule has 2 amide bonds. The second kappa shape index (κ2) is 5.69. The average molecular weight is 340 g/mol. The van der Waals surface area contributed by atoms with Crippen LogP contribution in [0.15, 0.2) is 22.8 Å². The Hall–Kier alpha value is -1.14. The van der Waals surface area contributed by atoms with Crippen LogP contribution in [0, 0.1) is 0 Å². The minimum Gasteiger partial charge on any atom is -0.377 e. The highest BCUT2D eigenvalue weighted by atomic mass is 79.9. The molecule has 0 aliphatic carbocycles. The number of ether oxygens (including phenoxy) is 1. The van der Waals surface area contributed by atoms with E-state index in [2.05, 4.69) is 26.2 Å². The van der Waals surface area contributed by atoms with Crippen LogP contribution in [0.4, 0.5) is 4.79 Å². The number of nitrogens with one attached hydrogen (secondary N) is 1. The van der Waals surface area contributed by atoms with Gasteiger partial charge in [-0.2, -0.15) is 0 Å². The molecule has 3 unspecified atom stereocenters. The molecule has 0 saturated carbocycles. The van der Waals surface area contributed by atoms with Gasteiger partial charge in [-0.25, -0.2) is 4.79 Å². The van der Waals surface area contributed by atoms with E-state index in [1.165, 1.54) is 0 Å². The molecule has 0 aromatic carbocycles. The zero-order valence-corrected chi connectivity index (χ0v) is 13.0. The van der Waals surface area contributed by atoms with Crippen LogP contribution in [-0.4, -0.2) is 41.2 Å². The smallest absolute Gasteiger partial charge is 0.318 e. The van der Waals surface area contributed by atoms with Gasteiger partial charge in [-0.15, -0.1) is 0 Å². The van der Waals surface area contributed by atoms with Gasteiger partial charge < -0.3 is 15.0 Å². The number of amides is 2. The Morgan fingerprint density at radius 3 is 2.75 bits per heavy atom. The summed E-state index contributed by atoms with van der Waals surface area (Å²) in [5, 5.41) is 3.04. The lowest BCUT2D eigenvalue weighted by molar-refractivity contribution is 0.00586. The molecule has 0 spiro atoms. The molecular formula is C14H18BrN3O2. The topological polar surface area (TPSA) is 54.5 Å². The van der Waals surface area contributed by atoms with E-state index in [1.807, 2.05) is 24.0 Å². The highest BCUT2D eigenvalue weighted by molar-refractivity contribution is 9.10. The van der Waals surface area contributed by atoms with Crippen LogP contribution in [0.2, 0.25) is 0 Å². The third-order valence-corrected chi connectivity index (χ3v) is 4.48. The lowest BCUT2D eigenvalue weighted by Crippen LogP contribution is -2.53. The molecule has 1 N–H and O–H groups in total. The lowest BCUT2D eigenvalue weighted by Gasteiger charge is -2.35. The van der Waals surface area contributed by atoms with Gasteiger partial charge in [0, 0.05) is 10.7 Å².